The number of carbonyl (C=O) groups excluding carboxylic acids is 1. The first-order chi connectivity index (χ1) is 9.24. The normalized spacial score (nSPS) is 10.2. The molecule has 0 fully saturated rings. The molecular formula is C14H13ClO3S. The minimum atomic E-state index is 0.381. The predicted octanol–water partition coefficient (Wildman–Crippen LogP) is 3.84. The molecule has 100 valence electrons. The molecule has 5 heteroatoms. The van der Waals surface area contributed by atoms with Crippen LogP contribution in [-0.2, 0) is 6.42 Å². The number of rotatable bonds is 6. The number of thiophene rings is 1. The molecule has 19 heavy (non-hydrogen) atoms. The van der Waals surface area contributed by atoms with E-state index < -0.39 is 0 Å². The van der Waals surface area contributed by atoms with E-state index in [-0.39, 0.29) is 0 Å². The summed E-state index contributed by atoms with van der Waals surface area (Å²) in [5.41, 5.74) is 1.69. The van der Waals surface area contributed by atoms with Crippen LogP contribution in [0.4, 0.5) is 0 Å². The van der Waals surface area contributed by atoms with Crippen LogP contribution < -0.4 is 9.47 Å². The van der Waals surface area contributed by atoms with E-state index >= 15 is 0 Å². The van der Waals surface area contributed by atoms with Gasteiger partial charge < -0.3 is 9.47 Å². The van der Waals surface area contributed by atoms with Crippen LogP contribution in [0.25, 0.3) is 0 Å². The Morgan fingerprint density at radius 1 is 1.42 bits per heavy atom. The topological polar surface area (TPSA) is 35.5 Å². The van der Waals surface area contributed by atoms with Crippen LogP contribution in [-0.4, -0.2) is 20.0 Å². The van der Waals surface area contributed by atoms with E-state index in [9.17, 15) is 4.79 Å². The van der Waals surface area contributed by atoms with E-state index in [1.165, 1.54) is 12.7 Å². The van der Waals surface area contributed by atoms with Gasteiger partial charge in [0.05, 0.1) is 18.7 Å². The second-order valence-corrected chi connectivity index (χ2v) is 5.07. The maximum Gasteiger partial charge on any atom is 0.179 e. The van der Waals surface area contributed by atoms with Crippen molar-refractivity contribution in [3.63, 3.8) is 0 Å². The Labute approximate surface area is 120 Å². The maximum absolute atomic E-state index is 10.8. The molecule has 0 amide bonds. The fraction of sp³-hybridized carbons (Fsp3) is 0.214. The van der Waals surface area contributed by atoms with Crippen molar-refractivity contribution >= 4 is 29.2 Å². The zero-order chi connectivity index (χ0) is 13.7. The van der Waals surface area contributed by atoms with Gasteiger partial charge in [0.1, 0.15) is 6.29 Å². The van der Waals surface area contributed by atoms with Gasteiger partial charge in [-0.1, -0.05) is 11.6 Å². The van der Waals surface area contributed by atoms with Crippen molar-refractivity contribution in [2.45, 2.75) is 6.42 Å². The van der Waals surface area contributed by atoms with Gasteiger partial charge in [0, 0.05) is 12.0 Å². The minimum absolute atomic E-state index is 0.381. The first-order valence-electron chi connectivity index (χ1n) is 5.71. The quantitative estimate of drug-likeness (QED) is 0.760. The lowest BCUT2D eigenvalue weighted by atomic mass is 10.2. The number of hydrogen-bond donors (Lipinski definition) is 0. The molecule has 0 aliphatic heterocycles. The molecule has 1 aromatic carbocycles. The number of carbonyl (C=O) groups is 1. The first kappa shape index (κ1) is 13.9. The maximum atomic E-state index is 10.8. The second kappa shape index (κ2) is 6.59. The molecule has 0 saturated heterocycles. The molecule has 3 nitrogen and oxygen atoms in total. The Bertz CT molecular complexity index is 552. The van der Waals surface area contributed by atoms with Gasteiger partial charge in [0.25, 0.3) is 0 Å². The van der Waals surface area contributed by atoms with Gasteiger partial charge in [-0.2, -0.15) is 11.3 Å². The number of aldehydes is 1. The third-order valence-corrected chi connectivity index (χ3v) is 3.62. The third-order valence-electron chi connectivity index (χ3n) is 2.61. The van der Waals surface area contributed by atoms with Crippen LogP contribution in [0.3, 0.4) is 0 Å². The lowest BCUT2D eigenvalue weighted by Gasteiger charge is -2.12. The molecule has 0 radical (unpaired) electrons. The monoisotopic (exact) mass is 296 g/mol. The van der Waals surface area contributed by atoms with Crippen LogP contribution in [0.2, 0.25) is 5.02 Å². The van der Waals surface area contributed by atoms with Gasteiger partial charge in [-0.25, -0.2) is 0 Å². The molecule has 1 aromatic heterocycles. The van der Waals surface area contributed by atoms with Gasteiger partial charge >= 0.3 is 0 Å². The molecule has 0 bridgehead atoms. The summed E-state index contributed by atoms with van der Waals surface area (Å²) in [7, 11) is 1.52. The predicted molar refractivity (Wildman–Crippen MR) is 76.9 cm³/mol. The number of benzene rings is 1. The number of ether oxygens (including phenoxy) is 2. The molecule has 1 heterocycles. The van der Waals surface area contributed by atoms with E-state index in [4.69, 9.17) is 21.1 Å². The highest BCUT2D eigenvalue weighted by Gasteiger charge is 2.11. The molecular weight excluding hydrogens is 284 g/mol. The summed E-state index contributed by atoms with van der Waals surface area (Å²) in [5.74, 6) is 0.949. The van der Waals surface area contributed by atoms with E-state index in [0.29, 0.717) is 28.7 Å². The second-order valence-electron chi connectivity index (χ2n) is 3.88. The van der Waals surface area contributed by atoms with Crippen LogP contribution >= 0.6 is 22.9 Å². The van der Waals surface area contributed by atoms with Crippen LogP contribution in [0, 0.1) is 0 Å². The molecule has 0 spiro atoms. The molecule has 0 unspecified atom stereocenters. The van der Waals surface area contributed by atoms with Crippen molar-refractivity contribution < 1.29 is 14.3 Å². The van der Waals surface area contributed by atoms with Crippen LogP contribution in [0.5, 0.6) is 11.5 Å². The standard InChI is InChI=1S/C14H13ClO3S/c1-17-13-7-11(8-16)6-12(15)14(13)18-4-2-10-3-5-19-9-10/h3,5-9H,2,4H2,1H3. The minimum Gasteiger partial charge on any atom is -0.493 e. The van der Waals surface area contributed by atoms with Gasteiger partial charge in [-0.05, 0) is 34.5 Å². The van der Waals surface area contributed by atoms with Crippen molar-refractivity contribution in [1.82, 2.24) is 0 Å². The highest BCUT2D eigenvalue weighted by molar-refractivity contribution is 7.07. The summed E-state index contributed by atoms with van der Waals surface area (Å²) in [4.78, 5) is 10.8. The zero-order valence-corrected chi connectivity index (χ0v) is 12.0. The van der Waals surface area contributed by atoms with Crippen LogP contribution in [0.15, 0.2) is 29.0 Å². The zero-order valence-electron chi connectivity index (χ0n) is 10.4. The summed E-state index contributed by atoms with van der Waals surface area (Å²) in [6.45, 7) is 0.507. The number of hydrogen-bond acceptors (Lipinski definition) is 4. The van der Waals surface area contributed by atoms with Gasteiger partial charge in [0.15, 0.2) is 11.5 Å². The van der Waals surface area contributed by atoms with E-state index in [2.05, 4.69) is 11.4 Å². The summed E-state index contributed by atoms with van der Waals surface area (Å²) in [6, 6.07) is 5.23. The van der Waals surface area contributed by atoms with Crippen molar-refractivity contribution in [2.24, 2.45) is 0 Å². The van der Waals surface area contributed by atoms with E-state index in [0.717, 1.165) is 12.7 Å². The third kappa shape index (κ3) is 3.49. The Morgan fingerprint density at radius 2 is 2.26 bits per heavy atom. The van der Waals surface area contributed by atoms with Crippen molar-refractivity contribution in [1.29, 1.82) is 0 Å². The Balaban J connectivity index is 2.08. The molecule has 0 N–H and O–H groups in total. The van der Waals surface area contributed by atoms with Crippen LogP contribution in [0.1, 0.15) is 15.9 Å². The van der Waals surface area contributed by atoms with E-state index in [1.807, 2.05) is 5.38 Å². The van der Waals surface area contributed by atoms with Gasteiger partial charge in [-0.15, -0.1) is 0 Å². The Kier molecular flexibility index (Phi) is 4.82. The SMILES string of the molecule is COc1cc(C=O)cc(Cl)c1OCCc1ccsc1. The Morgan fingerprint density at radius 3 is 2.89 bits per heavy atom. The van der Waals surface area contributed by atoms with Gasteiger partial charge in [0.2, 0.25) is 0 Å². The van der Waals surface area contributed by atoms with Gasteiger partial charge in [-0.3, -0.25) is 4.79 Å². The smallest absolute Gasteiger partial charge is 0.179 e. The lowest BCUT2D eigenvalue weighted by Crippen LogP contribution is -2.03. The average molecular weight is 297 g/mol. The fourth-order valence-electron chi connectivity index (χ4n) is 1.65. The fourth-order valence-corrected chi connectivity index (χ4v) is 2.63. The largest absolute Gasteiger partial charge is 0.493 e. The summed E-state index contributed by atoms with van der Waals surface area (Å²) >= 11 is 7.75. The highest BCUT2D eigenvalue weighted by atomic mass is 35.5. The summed E-state index contributed by atoms with van der Waals surface area (Å²) in [6.07, 6.45) is 1.53. The number of halogens is 1. The number of methoxy groups -OCH3 is 1. The lowest BCUT2D eigenvalue weighted by molar-refractivity contribution is 0.112. The molecule has 2 aromatic rings. The van der Waals surface area contributed by atoms with Crippen molar-refractivity contribution in [3.05, 3.63) is 45.1 Å². The molecule has 0 atom stereocenters. The van der Waals surface area contributed by atoms with Crippen molar-refractivity contribution in [3.8, 4) is 11.5 Å². The first-order valence-corrected chi connectivity index (χ1v) is 7.03. The van der Waals surface area contributed by atoms with Crippen molar-refractivity contribution in [2.75, 3.05) is 13.7 Å². The summed E-state index contributed by atoms with van der Waals surface area (Å²) in [5, 5.41) is 4.49. The molecule has 2 rings (SSSR count). The highest BCUT2D eigenvalue weighted by Crippen LogP contribution is 2.36. The Hall–Kier alpha value is -1.52. The molecule has 0 aliphatic rings. The molecule has 0 saturated carbocycles. The average Bonchev–Trinajstić information content (AvgIpc) is 2.93. The summed E-state index contributed by atoms with van der Waals surface area (Å²) < 4.78 is 10.9. The van der Waals surface area contributed by atoms with E-state index in [1.54, 1.807) is 23.5 Å². The molecule has 0 aliphatic carbocycles.